The van der Waals surface area contributed by atoms with Crippen molar-refractivity contribution in [2.75, 3.05) is 32.8 Å². The van der Waals surface area contributed by atoms with E-state index in [0.717, 1.165) is 65.5 Å². The highest BCUT2D eigenvalue weighted by atomic mass is 16.6. The first-order valence-electron chi connectivity index (χ1n) is 22.6. The molecule has 11 nitrogen and oxygen atoms in total. The van der Waals surface area contributed by atoms with Crippen molar-refractivity contribution in [2.45, 2.75) is 151 Å². The molecule has 0 radical (unpaired) electrons. The van der Waals surface area contributed by atoms with Gasteiger partial charge in [-0.3, -0.25) is 24.9 Å². The number of nitrogens with one attached hydrogen (secondary N) is 2. The van der Waals surface area contributed by atoms with E-state index in [0.29, 0.717) is 44.0 Å². The number of ether oxygens (including phenoxy) is 2. The fraction of sp³-hybridized carbons (Fsp3) is 0.580. The molecule has 61 heavy (non-hydrogen) atoms. The van der Waals surface area contributed by atoms with Gasteiger partial charge in [0, 0.05) is 74.1 Å². The first kappa shape index (κ1) is 48.7. The number of fused-ring (bicyclic) bond motifs is 4. The lowest BCUT2D eigenvalue weighted by molar-refractivity contribution is -0.147. The fourth-order valence-corrected chi connectivity index (χ4v) is 8.46. The Bertz CT molecular complexity index is 2020. The molecular formula is C50H74N6O5. The van der Waals surface area contributed by atoms with Crippen LogP contribution in [-0.4, -0.2) is 88.1 Å². The number of pyridine rings is 1. The van der Waals surface area contributed by atoms with E-state index in [9.17, 15) is 14.4 Å². The number of H-pyrrole nitrogens is 1. The van der Waals surface area contributed by atoms with Gasteiger partial charge in [0.15, 0.2) is 0 Å². The normalized spacial score (nSPS) is 19.0. The Morgan fingerprint density at radius 2 is 1.64 bits per heavy atom. The van der Waals surface area contributed by atoms with Gasteiger partial charge in [-0.25, -0.2) is 4.79 Å². The predicted molar refractivity (Wildman–Crippen MR) is 249 cm³/mol. The van der Waals surface area contributed by atoms with E-state index in [4.69, 9.17) is 14.5 Å². The first-order valence-corrected chi connectivity index (χ1v) is 22.6. The van der Waals surface area contributed by atoms with Crippen molar-refractivity contribution < 1.29 is 23.9 Å². The molecule has 334 valence electrons. The Kier molecular flexibility index (Phi) is 17.8. The van der Waals surface area contributed by atoms with Gasteiger partial charge in [0.1, 0.15) is 12.2 Å². The highest BCUT2D eigenvalue weighted by Gasteiger charge is 2.42. The zero-order valence-corrected chi connectivity index (χ0v) is 39.2. The van der Waals surface area contributed by atoms with E-state index >= 15 is 0 Å². The minimum Gasteiger partial charge on any atom is -0.462 e. The van der Waals surface area contributed by atoms with Gasteiger partial charge >= 0.3 is 12.1 Å². The van der Waals surface area contributed by atoms with Gasteiger partial charge in [0.25, 0.3) is 0 Å². The molecule has 5 heterocycles. The second-order valence-electron chi connectivity index (χ2n) is 17.9. The van der Waals surface area contributed by atoms with Crippen LogP contribution in [0.25, 0.3) is 16.5 Å². The van der Waals surface area contributed by atoms with Gasteiger partial charge in [-0.05, 0) is 153 Å². The van der Waals surface area contributed by atoms with E-state index in [2.05, 4.69) is 97.0 Å². The number of carbonyl (C=O) groups excluding carboxylic acids is 3. The summed E-state index contributed by atoms with van der Waals surface area (Å²) >= 11 is 0. The Morgan fingerprint density at radius 3 is 2.23 bits per heavy atom. The SMILES string of the molecule is CC.CC/C=C(\C)c1[nH]c2ccc(C(C)(C)C(=O)N3CC4CCC3CC4)cc2c1CCN=C(NC(=O)OC(C)(C)COC(C)=O)N1CCC(c2ccncc2)C1.CC=C(C)C. The third-order valence-corrected chi connectivity index (χ3v) is 12.1. The van der Waals surface area contributed by atoms with Crippen molar-refractivity contribution in [1.29, 1.82) is 0 Å². The smallest absolute Gasteiger partial charge is 0.414 e. The fourth-order valence-electron chi connectivity index (χ4n) is 8.46. The maximum absolute atomic E-state index is 14.2. The lowest BCUT2D eigenvalue weighted by atomic mass is 9.76. The minimum atomic E-state index is -1.03. The molecule has 2 aromatic heterocycles. The van der Waals surface area contributed by atoms with Gasteiger partial charge in [0.05, 0.1) is 5.41 Å². The molecule has 4 aliphatic rings. The molecule has 7 rings (SSSR count). The third kappa shape index (κ3) is 13.0. The van der Waals surface area contributed by atoms with Crippen molar-refractivity contribution in [3.05, 3.63) is 82.8 Å². The second kappa shape index (κ2) is 22.2. The Morgan fingerprint density at radius 1 is 0.967 bits per heavy atom. The number of alkyl carbamates (subject to hydrolysis) is 1. The number of hydrogen-bond donors (Lipinski definition) is 2. The van der Waals surface area contributed by atoms with Gasteiger partial charge in [-0.1, -0.05) is 44.6 Å². The van der Waals surface area contributed by atoms with Crippen LogP contribution in [0.1, 0.15) is 150 Å². The number of rotatable bonds is 11. The maximum Gasteiger partial charge on any atom is 0.414 e. The number of hydrogen-bond acceptors (Lipinski definition) is 7. The van der Waals surface area contributed by atoms with E-state index in [1.165, 1.54) is 30.9 Å². The van der Waals surface area contributed by atoms with E-state index < -0.39 is 23.1 Å². The number of esters is 1. The van der Waals surface area contributed by atoms with E-state index in [1.54, 1.807) is 26.2 Å². The zero-order chi connectivity index (χ0) is 44.9. The molecule has 1 saturated carbocycles. The number of benzene rings is 1. The molecule has 2 bridgehead atoms. The maximum atomic E-state index is 14.2. The van der Waals surface area contributed by atoms with Crippen molar-refractivity contribution in [2.24, 2.45) is 10.9 Å². The van der Waals surface area contributed by atoms with Gasteiger partial charge < -0.3 is 24.3 Å². The number of aromatic amines is 1. The van der Waals surface area contributed by atoms with Crippen LogP contribution in [0.4, 0.5) is 4.79 Å². The molecule has 1 aromatic carbocycles. The predicted octanol–water partition coefficient (Wildman–Crippen LogP) is 10.5. The monoisotopic (exact) mass is 839 g/mol. The summed E-state index contributed by atoms with van der Waals surface area (Å²) in [5.74, 6) is 1.12. The molecule has 3 aliphatic heterocycles. The molecule has 2 amide bonds. The lowest BCUT2D eigenvalue weighted by Gasteiger charge is -2.47. The van der Waals surface area contributed by atoms with Crippen LogP contribution in [0.5, 0.6) is 0 Å². The summed E-state index contributed by atoms with van der Waals surface area (Å²) in [7, 11) is 0. The molecule has 1 atom stereocenters. The topological polar surface area (TPSA) is 129 Å². The van der Waals surface area contributed by atoms with Crippen LogP contribution in [0.3, 0.4) is 0 Å². The lowest BCUT2D eigenvalue weighted by Crippen LogP contribution is -2.55. The first-order chi connectivity index (χ1) is 29.0. The summed E-state index contributed by atoms with van der Waals surface area (Å²) in [5.41, 5.74) is 6.26. The van der Waals surface area contributed by atoms with Crippen LogP contribution >= 0.6 is 0 Å². The summed E-state index contributed by atoms with van der Waals surface area (Å²) < 4.78 is 10.8. The largest absolute Gasteiger partial charge is 0.462 e. The number of guanidine groups is 1. The van der Waals surface area contributed by atoms with Crippen LogP contribution in [0, 0.1) is 5.92 Å². The molecule has 1 aliphatic carbocycles. The van der Waals surface area contributed by atoms with Crippen molar-refractivity contribution in [1.82, 2.24) is 25.1 Å². The van der Waals surface area contributed by atoms with Crippen LogP contribution < -0.4 is 5.32 Å². The van der Waals surface area contributed by atoms with Crippen molar-refractivity contribution in [3.8, 4) is 0 Å². The van der Waals surface area contributed by atoms with E-state index in [-0.39, 0.29) is 18.4 Å². The highest BCUT2D eigenvalue weighted by molar-refractivity contribution is 5.95. The molecule has 1 unspecified atom stereocenters. The van der Waals surface area contributed by atoms with Crippen LogP contribution in [-0.2, 0) is 30.9 Å². The minimum absolute atomic E-state index is 0.0620. The number of likely N-dealkylation sites (tertiary alicyclic amines) is 1. The molecule has 11 heteroatoms. The summed E-state index contributed by atoms with van der Waals surface area (Å²) in [4.78, 5) is 56.1. The molecule has 2 N–H and O–H groups in total. The summed E-state index contributed by atoms with van der Waals surface area (Å²) in [6, 6.07) is 10.8. The van der Waals surface area contributed by atoms with Crippen molar-refractivity contribution in [3.63, 3.8) is 0 Å². The number of nitrogens with zero attached hydrogens (tertiary/aromatic N) is 4. The molecule has 3 aromatic rings. The summed E-state index contributed by atoms with van der Waals surface area (Å²) in [6.45, 7) is 25.9. The number of amides is 2. The van der Waals surface area contributed by atoms with Gasteiger partial charge in [-0.2, -0.15) is 0 Å². The molecule has 0 spiro atoms. The van der Waals surface area contributed by atoms with Crippen LogP contribution in [0.15, 0.2) is 65.4 Å². The summed E-state index contributed by atoms with van der Waals surface area (Å²) in [5, 5.41) is 4.02. The number of allylic oxidation sites excluding steroid dienone is 4. The number of aliphatic imine (C=N–C) groups is 1. The van der Waals surface area contributed by atoms with E-state index in [1.807, 2.05) is 32.9 Å². The molecule has 4 fully saturated rings. The van der Waals surface area contributed by atoms with Gasteiger partial charge in [-0.15, -0.1) is 0 Å². The average molecular weight is 839 g/mol. The highest BCUT2D eigenvalue weighted by Crippen LogP contribution is 2.39. The van der Waals surface area contributed by atoms with Gasteiger partial charge in [0.2, 0.25) is 11.9 Å². The third-order valence-electron chi connectivity index (χ3n) is 12.1. The average Bonchev–Trinajstić information content (AvgIpc) is 3.89. The van der Waals surface area contributed by atoms with Crippen molar-refractivity contribution >= 4 is 40.4 Å². The quantitative estimate of drug-likeness (QED) is 0.0851. The Balaban J connectivity index is 0.00000109. The standard InChI is InChI=1S/C43H58N6O5.C5H10.C2H6/c1-8-9-28(2)38-35(36-24-33(12-15-37(36)46-38)43(6,7)39(51)49-25-30-10-13-34(49)14-11-30)18-22-45-40(47-41(52)54-42(4,5)27-53-29(3)50)48-23-19-32(26-48)31-16-20-44-21-17-31;1-4-5(2)3;1-2/h9,12,15-17,20-21,24,30,32,34,46H,8,10-11,13-14,18-19,22-23,25-27H2,1-7H3,(H,45,47,52);4H,1-3H3;1-2H3/b28-9+;;. The number of aromatic nitrogens is 2. The molecule has 3 saturated heterocycles. The number of piperidine rings is 2. The van der Waals surface area contributed by atoms with Crippen LogP contribution in [0.2, 0.25) is 0 Å². The number of carbonyl (C=O) groups is 3. The zero-order valence-electron chi connectivity index (χ0n) is 39.2. The summed E-state index contributed by atoms with van der Waals surface area (Å²) in [6.07, 6.45) is 14.4. The Hall–Kier alpha value is -4.93. The Labute approximate surface area is 365 Å². The molecular weight excluding hydrogens is 765 g/mol. The second-order valence-corrected chi connectivity index (χ2v) is 17.9.